The van der Waals surface area contributed by atoms with E-state index in [4.69, 9.17) is 5.73 Å². The molecule has 2 aliphatic rings. The lowest BCUT2D eigenvalue weighted by atomic mass is 10.0. The Hall–Kier alpha value is -1.35. The summed E-state index contributed by atoms with van der Waals surface area (Å²) in [4.78, 5) is 14.3. The van der Waals surface area contributed by atoms with E-state index >= 15 is 0 Å². The van der Waals surface area contributed by atoms with Crippen LogP contribution in [0.1, 0.15) is 43.2 Å². The van der Waals surface area contributed by atoms with Crippen molar-refractivity contribution < 1.29 is 4.79 Å². The maximum absolute atomic E-state index is 12.3. The highest BCUT2D eigenvalue weighted by Gasteiger charge is 2.37. The van der Waals surface area contributed by atoms with Crippen LogP contribution in [0, 0.1) is 0 Å². The third kappa shape index (κ3) is 3.40. The first kappa shape index (κ1) is 13.6. The van der Waals surface area contributed by atoms with Crippen LogP contribution in [-0.2, 0) is 17.6 Å². The number of carbonyl (C=O) groups excluding carboxylic acids is 1. The van der Waals surface area contributed by atoms with Gasteiger partial charge in [-0.05, 0) is 49.7 Å². The number of amides is 1. The van der Waals surface area contributed by atoms with Crippen molar-refractivity contribution in [1.82, 2.24) is 4.90 Å². The molecule has 0 aromatic heterocycles. The first-order valence-electron chi connectivity index (χ1n) is 7.79. The van der Waals surface area contributed by atoms with E-state index in [0.29, 0.717) is 6.42 Å². The van der Waals surface area contributed by atoms with Crippen molar-refractivity contribution in [3.8, 4) is 0 Å². The van der Waals surface area contributed by atoms with Gasteiger partial charge in [0.05, 0.1) is 6.42 Å². The van der Waals surface area contributed by atoms with Crippen LogP contribution in [0.2, 0.25) is 0 Å². The number of rotatable bonds is 4. The molecule has 1 aromatic rings. The van der Waals surface area contributed by atoms with Crippen molar-refractivity contribution in [1.29, 1.82) is 0 Å². The topological polar surface area (TPSA) is 46.3 Å². The Morgan fingerprint density at radius 1 is 1.15 bits per heavy atom. The molecule has 20 heavy (non-hydrogen) atoms. The fraction of sp³-hybridized carbons (Fsp3) is 0.588. The highest BCUT2D eigenvalue weighted by Crippen LogP contribution is 2.35. The Balaban J connectivity index is 1.61. The largest absolute Gasteiger partial charge is 0.342 e. The van der Waals surface area contributed by atoms with Gasteiger partial charge >= 0.3 is 0 Å². The summed E-state index contributed by atoms with van der Waals surface area (Å²) >= 11 is 0. The van der Waals surface area contributed by atoms with Gasteiger partial charge in [0.2, 0.25) is 5.91 Å². The van der Waals surface area contributed by atoms with Gasteiger partial charge in [0.1, 0.15) is 0 Å². The van der Waals surface area contributed by atoms with Crippen molar-refractivity contribution in [2.75, 3.05) is 13.1 Å². The maximum Gasteiger partial charge on any atom is 0.226 e. The third-order valence-electron chi connectivity index (χ3n) is 4.50. The Kier molecular flexibility index (Phi) is 3.79. The van der Waals surface area contributed by atoms with Crippen molar-refractivity contribution in [2.24, 2.45) is 5.73 Å². The molecule has 2 N–H and O–H groups in total. The zero-order valence-corrected chi connectivity index (χ0v) is 12.1. The number of carbonyl (C=O) groups is 1. The molecule has 0 unspecified atom stereocenters. The molecule has 0 bridgehead atoms. The summed E-state index contributed by atoms with van der Waals surface area (Å²) in [5.41, 5.74) is 8.61. The second-order valence-corrected chi connectivity index (χ2v) is 6.48. The lowest BCUT2D eigenvalue weighted by Crippen LogP contribution is -2.36. The molecule has 1 aliphatic carbocycles. The molecule has 0 spiro atoms. The van der Waals surface area contributed by atoms with Crippen LogP contribution < -0.4 is 5.73 Å². The fourth-order valence-corrected chi connectivity index (χ4v) is 3.02. The molecule has 3 rings (SSSR count). The minimum Gasteiger partial charge on any atom is -0.342 e. The zero-order valence-electron chi connectivity index (χ0n) is 12.1. The SMILES string of the molecule is NC1(Cc2cccc(CC(=O)N3CCCCC3)c2)CC1. The average Bonchev–Trinajstić information content (AvgIpc) is 3.17. The number of hydrogen-bond acceptors (Lipinski definition) is 2. The van der Waals surface area contributed by atoms with E-state index in [9.17, 15) is 4.79 Å². The van der Waals surface area contributed by atoms with Crippen LogP contribution in [0.5, 0.6) is 0 Å². The highest BCUT2D eigenvalue weighted by atomic mass is 16.2. The Morgan fingerprint density at radius 2 is 1.85 bits per heavy atom. The summed E-state index contributed by atoms with van der Waals surface area (Å²) in [6, 6.07) is 8.40. The van der Waals surface area contributed by atoms with Gasteiger partial charge in [-0.3, -0.25) is 4.79 Å². The van der Waals surface area contributed by atoms with Gasteiger partial charge in [0.25, 0.3) is 0 Å². The Morgan fingerprint density at radius 3 is 2.55 bits per heavy atom. The van der Waals surface area contributed by atoms with E-state index in [-0.39, 0.29) is 11.4 Å². The molecule has 108 valence electrons. The second-order valence-electron chi connectivity index (χ2n) is 6.48. The number of likely N-dealkylation sites (tertiary alicyclic amines) is 1. The van der Waals surface area contributed by atoms with Gasteiger partial charge in [0, 0.05) is 18.6 Å². The van der Waals surface area contributed by atoms with E-state index in [1.54, 1.807) is 0 Å². The summed E-state index contributed by atoms with van der Waals surface area (Å²) in [6.45, 7) is 1.87. The van der Waals surface area contributed by atoms with Gasteiger partial charge in [0.15, 0.2) is 0 Å². The molecule has 0 atom stereocenters. The summed E-state index contributed by atoms with van der Waals surface area (Å²) in [5, 5.41) is 0. The number of nitrogens with two attached hydrogens (primary N) is 1. The van der Waals surface area contributed by atoms with E-state index in [2.05, 4.69) is 24.3 Å². The molecule has 3 nitrogen and oxygen atoms in total. The smallest absolute Gasteiger partial charge is 0.226 e. The van der Waals surface area contributed by atoms with Crippen LogP contribution in [0.4, 0.5) is 0 Å². The van der Waals surface area contributed by atoms with Gasteiger partial charge < -0.3 is 10.6 Å². The van der Waals surface area contributed by atoms with E-state index in [1.165, 1.54) is 12.0 Å². The van der Waals surface area contributed by atoms with Crippen molar-refractivity contribution in [3.63, 3.8) is 0 Å². The average molecular weight is 272 g/mol. The van der Waals surface area contributed by atoms with Gasteiger partial charge in [-0.2, -0.15) is 0 Å². The predicted octanol–water partition coefficient (Wildman–Crippen LogP) is 2.28. The molecule has 3 heteroatoms. The predicted molar refractivity (Wildman–Crippen MR) is 80.4 cm³/mol. The molecule has 0 radical (unpaired) electrons. The fourth-order valence-electron chi connectivity index (χ4n) is 3.02. The van der Waals surface area contributed by atoms with Crippen molar-refractivity contribution in [2.45, 2.75) is 50.5 Å². The van der Waals surface area contributed by atoms with Crippen molar-refractivity contribution in [3.05, 3.63) is 35.4 Å². The van der Waals surface area contributed by atoms with E-state index < -0.39 is 0 Å². The van der Waals surface area contributed by atoms with Crippen LogP contribution >= 0.6 is 0 Å². The zero-order chi connectivity index (χ0) is 14.0. The molecule has 1 amide bonds. The maximum atomic E-state index is 12.3. The molecule has 1 aromatic carbocycles. The number of hydrogen-bond donors (Lipinski definition) is 1. The number of piperidine rings is 1. The standard InChI is InChI=1S/C17H24N2O/c18-17(7-8-17)13-15-6-4-5-14(11-15)12-16(20)19-9-2-1-3-10-19/h4-6,11H,1-3,7-10,12-13,18H2. The summed E-state index contributed by atoms with van der Waals surface area (Å²) in [6.07, 6.45) is 7.30. The number of nitrogens with zero attached hydrogens (tertiary/aromatic N) is 1. The first-order valence-corrected chi connectivity index (χ1v) is 7.79. The first-order chi connectivity index (χ1) is 9.65. The summed E-state index contributed by atoms with van der Waals surface area (Å²) in [5.74, 6) is 0.274. The molecule has 1 saturated heterocycles. The monoisotopic (exact) mass is 272 g/mol. The molecule has 2 fully saturated rings. The van der Waals surface area contributed by atoms with E-state index in [1.807, 2.05) is 4.90 Å². The molecule has 1 heterocycles. The minimum atomic E-state index is 0.0372. The van der Waals surface area contributed by atoms with Gasteiger partial charge in [-0.15, -0.1) is 0 Å². The second kappa shape index (κ2) is 5.57. The summed E-state index contributed by atoms with van der Waals surface area (Å²) < 4.78 is 0. The van der Waals surface area contributed by atoms with Crippen LogP contribution in [0.3, 0.4) is 0 Å². The third-order valence-corrected chi connectivity index (χ3v) is 4.50. The lowest BCUT2D eigenvalue weighted by molar-refractivity contribution is -0.131. The van der Waals surface area contributed by atoms with Crippen molar-refractivity contribution >= 4 is 5.91 Å². The molecule has 1 aliphatic heterocycles. The molecular weight excluding hydrogens is 248 g/mol. The highest BCUT2D eigenvalue weighted by molar-refractivity contribution is 5.78. The Labute approximate surface area is 121 Å². The van der Waals surface area contributed by atoms with Gasteiger partial charge in [-0.1, -0.05) is 24.3 Å². The molecule has 1 saturated carbocycles. The lowest BCUT2D eigenvalue weighted by Gasteiger charge is -2.26. The quantitative estimate of drug-likeness (QED) is 0.914. The summed E-state index contributed by atoms with van der Waals surface area (Å²) in [7, 11) is 0. The molecular formula is C17H24N2O. The minimum absolute atomic E-state index is 0.0372. The number of benzene rings is 1. The van der Waals surface area contributed by atoms with Crippen LogP contribution in [-0.4, -0.2) is 29.4 Å². The van der Waals surface area contributed by atoms with E-state index in [0.717, 1.165) is 50.8 Å². The van der Waals surface area contributed by atoms with Crippen LogP contribution in [0.25, 0.3) is 0 Å². The Bertz CT molecular complexity index is 488. The van der Waals surface area contributed by atoms with Crippen LogP contribution in [0.15, 0.2) is 24.3 Å². The normalized spacial score (nSPS) is 20.8. The van der Waals surface area contributed by atoms with Gasteiger partial charge in [-0.25, -0.2) is 0 Å².